The van der Waals surface area contributed by atoms with Crippen LogP contribution in [-0.2, 0) is 23.8 Å². The Hall–Kier alpha value is -1.18. The maximum atomic E-state index is 12.3. The lowest BCUT2D eigenvalue weighted by atomic mass is 9.97. The molecular formula is C14H26N2O5. The fourth-order valence-electron chi connectivity index (χ4n) is 2.06. The van der Waals surface area contributed by atoms with Gasteiger partial charge in [0, 0.05) is 13.7 Å². The van der Waals surface area contributed by atoms with Gasteiger partial charge in [0.15, 0.2) is 0 Å². The summed E-state index contributed by atoms with van der Waals surface area (Å²) in [6.07, 6.45) is 0. The van der Waals surface area contributed by atoms with Gasteiger partial charge in [-0.05, 0) is 20.8 Å². The van der Waals surface area contributed by atoms with Crippen LogP contribution in [0.25, 0.3) is 0 Å². The van der Waals surface area contributed by atoms with Crippen LogP contribution in [0.1, 0.15) is 20.8 Å². The predicted molar refractivity (Wildman–Crippen MR) is 76.9 cm³/mol. The van der Waals surface area contributed by atoms with Crippen LogP contribution in [0, 0.1) is 0 Å². The highest BCUT2D eigenvalue weighted by Crippen LogP contribution is 2.17. The Morgan fingerprint density at radius 2 is 1.67 bits per heavy atom. The molecule has 1 rings (SSSR count). The van der Waals surface area contributed by atoms with Gasteiger partial charge in [0.2, 0.25) is 11.8 Å². The molecule has 21 heavy (non-hydrogen) atoms. The van der Waals surface area contributed by atoms with Gasteiger partial charge >= 0.3 is 0 Å². The molecular weight excluding hydrogens is 276 g/mol. The van der Waals surface area contributed by atoms with Crippen LogP contribution in [0.3, 0.4) is 0 Å². The van der Waals surface area contributed by atoms with Gasteiger partial charge in [0.25, 0.3) is 0 Å². The maximum absolute atomic E-state index is 12.3. The van der Waals surface area contributed by atoms with Crippen LogP contribution >= 0.6 is 0 Å². The molecule has 0 aromatic carbocycles. The van der Waals surface area contributed by atoms with Crippen LogP contribution in [0.2, 0.25) is 0 Å². The van der Waals surface area contributed by atoms with Gasteiger partial charge < -0.3 is 24.4 Å². The van der Waals surface area contributed by atoms with Gasteiger partial charge in [-0.25, -0.2) is 0 Å². The second-order valence-electron chi connectivity index (χ2n) is 5.51. The van der Waals surface area contributed by atoms with E-state index in [9.17, 15) is 9.59 Å². The van der Waals surface area contributed by atoms with Gasteiger partial charge in [-0.15, -0.1) is 0 Å². The number of amides is 2. The molecule has 1 unspecified atom stereocenters. The second kappa shape index (κ2) is 8.31. The van der Waals surface area contributed by atoms with E-state index in [2.05, 4.69) is 5.32 Å². The summed E-state index contributed by atoms with van der Waals surface area (Å²) >= 11 is 0. The van der Waals surface area contributed by atoms with E-state index in [1.807, 2.05) is 0 Å². The summed E-state index contributed by atoms with van der Waals surface area (Å²) in [7, 11) is 1.62. The number of hydrogen-bond donors (Lipinski definition) is 1. The van der Waals surface area contributed by atoms with E-state index in [-0.39, 0.29) is 11.8 Å². The third kappa shape index (κ3) is 5.26. The second-order valence-corrected chi connectivity index (χ2v) is 5.51. The van der Waals surface area contributed by atoms with Gasteiger partial charge in [-0.3, -0.25) is 9.59 Å². The number of carbonyl (C=O) groups excluding carboxylic acids is 2. The Balaban J connectivity index is 2.26. The van der Waals surface area contributed by atoms with Crippen LogP contribution in [0.4, 0.5) is 0 Å². The van der Waals surface area contributed by atoms with Crippen LogP contribution in [0.15, 0.2) is 0 Å². The van der Waals surface area contributed by atoms with Gasteiger partial charge in [0.1, 0.15) is 11.6 Å². The molecule has 0 aromatic rings. The van der Waals surface area contributed by atoms with Crippen molar-refractivity contribution in [3.05, 3.63) is 0 Å². The summed E-state index contributed by atoms with van der Waals surface area (Å²) in [6, 6.07) is -0.466. The van der Waals surface area contributed by atoms with E-state index in [1.54, 1.807) is 32.8 Å². The van der Waals surface area contributed by atoms with E-state index in [4.69, 9.17) is 14.2 Å². The number of rotatable bonds is 9. The maximum Gasteiger partial charge on any atom is 0.248 e. The lowest BCUT2D eigenvalue weighted by Gasteiger charge is -2.41. The molecule has 7 heteroatoms. The molecule has 1 saturated heterocycles. The molecule has 2 amide bonds. The fraction of sp³-hybridized carbons (Fsp3) is 0.857. The zero-order valence-electron chi connectivity index (χ0n) is 13.3. The monoisotopic (exact) mass is 302 g/mol. The van der Waals surface area contributed by atoms with Crippen molar-refractivity contribution in [2.45, 2.75) is 32.4 Å². The first kappa shape index (κ1) is 17.9. The van der Waals surface area contributed by atoms with Crippen molar-refractivity contribution in [3.8, 4) is 0 Å². The molecule has 1 aliphatic heterocycles. The van der Waals surface area contributed by atoms with E-state index in [0.29, 0.717) is 39.6 Å². The number of ether oxygens (including phenoxy) is 3. The molecule has 122 valence electrons. The fourth-order valence-corrected chi connectivity index (χ4v) is 2.06. The summed E-state index contributed by atoms with van der Waals surface area (Å²) in [4.78, 5) is 25.6. The van der Waals surface area contributed by atoms with Gasteiger partial charge in [-0.1, -0.05) is 0 Å². The van der Waals surface area contributed by atoms with E-state index in [0.717, 1.165) is 0 Å². The normalized spacial score (nSPS) is 21.5. The minimum Gasteiger partial charge on any atom is -0.382 e. The van der Waals surface area contributed by atoms with Crippen molar-refractivity contribution in [3.63, 3.8) is 0 Å². The zero-order chi connectivity index (χ0) is 15.9. The molecule has 0 spiro atoms. The van der Waals surface area contributed by atoms with Crippen LogP contribution < -0.4 is 5.32 Å². The summed E-state index contributed by atoms with van der Waals surface area (Å²) in [5, 5.41) is 2.71. The number of methoxy groups -OCH3 is 1. The molecule has 0 radical (unpaired) electrons. The summed E-state index contributed by atoms with van der Waals surface area (Å²) in [5.41, 5.74) is -0.854. The number of piperazine rings is 1. The quantitative estimate of drug-likeness (QED) is 0.597. The third-order valence-corrected chi connectivity index (χ3v) is 3.36. The van der Waals surface area contributed by atoms with E-state index >= 15 is 0 Å². The minimum absolute atomic E-state index is 0.0884. The predicted octanol–water partition coefficient (Wildman–Crippen LogP) is -0.208. The minimum atomic E-state index is -0.854. The summed E-state index contributed by atoms with van der Waals surface area (Å²) in [5.74, 6) is -0.225. The first-order valence-corrected chi connectivity index (χ1v) is 7.17. The molecule has 7 nitrogen and oxygen atoms in total. The van der Waals surface area contributed by atoms with Gasteiger partial charge in [0.05, 0.1) is 33.0 Å². The van der Waals surface area contributed by atoms with E-state index in [1.165, 1.54) is 0 Å². The lowest BCUT2D eigenvalue weighted by molar-refractivity contribution is -0.153. The smallest absolute Gasteiger partial charge is 0.248 e. The van der Waals surface area contributed by atoms with Crippen LogP contribution in [-0.4, -0.2) is 75.0 Å². The number of carbonyl (C=O) groups is 2. The Morgan fingerprint density at radius 3 is 2.29 bits per heavy atom. The highest BCUT2D eigenvalue weighted by atomic mass is 16.5. The van der Waals surface area contributed by atoms with Crippen molar-refractivity contribution < 1.29 is 23.8 Å². The Labute approximate surface area is 125 Å². The average Bonchev–Trinajstić information content (AvgIpc) is 2.42. The van der Waals surface area contributed by atoms with Crippen molar-refractivity contribution >= 4 is 11.8 Å². The third-order valence-electron chi connectivity index (χ3n) is 3.36. The summed E-state index contributed by atoms with van der Waals surface area (Å²) in [6.45, 7) is 7.94. The Morgan fingerprint density at radius 1 is 1.10 bits per heavy atom. The molecule has 1 heterocycles. The highest BCUT2D eigenvalue weighted by Gasteiger charge is 2.42. The SMILES string of the molecule is COCCOCCOCCN1C(=O)C(C)(C)NC(=O)C1C. The largest absolute Gasteiger partial charge is 0.382 e. The topological polar surface area (TPSA) is 77.1 Å². The molecule has 0 aromatic heterocycles. The standard InChI is InChI=1S/C14H26N2O5/c1-11-12(17)15-14(2,3)13(18)16(11)5-6-20-9-10-21-8-7-19-4/h11H,5-10H2,1-4H3,(H,15,17). The molecule has 1 aliphatic rings. The van der Waals surface area contributed by atoms with Crippen molar-refractivity contribution in [2.24, 2.45) is 0 Å². The average molecular weight is 302 g/mol. The molecule has 0 saturated carbocycles. The highest BCUT2D eigenvalue weighted by molar-refractivity contribution is 5.99. The number of nitrogens with one attached hydrogen (secondary N) is 1. The first-order valence-electron chi connectivity index (χ1n) is 7.17. The molecule has 0 aliphatic carbocycles. The van der Waals surface area contributed by atoms with E-state index < -0.39 is 11.6 Å². The first-order chi connectivity index (χ1) is 9.90. The van der Waals surface area contributed by atoms with Crippen LogP contribution in [0.5, 0.6) is 0 Å². The molecule has 1 fully saturated rings. The van der Waals surface area contributed by atoms with Gasteiger partial charge in [-0.2, -0.15) is 0 Å². The molecule has 1 atom stereocenters. The lowest BCUT2D eigenvalue weighted by Crippen LogP contribution is -2.67. The van der Waals surface area contributed by atoms with Crippen molar-refractivity contribution in [1.29, 1.82) is 0 Å². The Kier molecular flexibility index (Phi) is 7.07. The Bertz CT molecular complexity index is 359. The zero-order valence-corrected chi connectivity index (χ0v) is 13.3. The van der Waals surface area contributed by atoms with Crippen molar-refractivity contribution in [2.75, 3.05) is 46.7 Å². The summed E-state index contributed by atoms with van der Waals surface area (Å²) < 4.78 is 15.5. The van der Waals surface area contributed by atoms with Crippen molar-refractivity contribution in [1.82, 2.24) is 10.2 Å². The number of hydrogen-bond acceptors (Lipinski definition) is 5. The molecule has 0 bridgehead atoms. The number of nitrogens with zero attached hydrogens (tertiary/aromatic N) is 1. The molecule has 1 N–H and O–H groups in total.